The molecule has 0 aliphatic rings. The number of nitrogens with zero attached hydrogens (tertiary/aromatic N) is 4. The maximum absolute atomic E-state index is 4.49. The van der Waals surface area contributed by atoms with Crippen LogP contribution in [0.4, 0.5) is 5.82 Å². The molecule has 0 aliphatic carbocycles. The van der Waals surface area contributed by atoms with E-state index in [1.165, 1.54) is 0 Å². The van der Waals surface area contributed by atoms with E-state index in [1.54, 1.807) is 12.5 Å². The molecule has 0 atom stereocenters. The van der Waals surface area contributed by atoms with Gasteiger partial charge in [-0.05, 0) is 24.0 Å². The topological polar surface area (TPSA) is 41.9 Å². The van der Waals surface area contributed by atoms with Gasteiger partial charge in [0.1, 0.15) is 12.1 Å². The van der Waals surface area contributed by atoms with Crippen LogP contribution in [0.25, 0.3) is 11.0 Å². The summed E-state index contributed by atoms with van der Waals surface area (Å²) in [6, 6.07) is 3.99. The highest BCUT2D eigenvalue weighted by Crippen LogP contribution is 2.22. The van der Waals surface area contributed by atoms with Gasteiger partial charge in [-0.15, -0.1) is 0 Å². The van der Waals surface area contributed by atoms with Crippen molar-refractivity contribution in [1.82, 2.24) is 15.0 Å². The van der Waals surface area contributed by atoms with Gasteiger partial charge in [-0.25, -0.2) is 15.0 Å². The molecule has 0 aromatic carbocycles. The molecule has 19 heavy (non-hydrogen) atoms. The summed E-state index contributed by atoms with van der Waals surface area (Å²) in [5, 5.41) is 1.03. The molecule has 4 nitrogen and oxygen atoms in total. The molecule has 2 aromatic heterocycles. The zero-order valence-corrected chi connectivity index (χ0v) is 12.2. The van der Waals surface area contributed by atoms with Crippen LogP contribution >= 0.6 is 0 Å². The number of rotatable bonds is 5. The molecule has 2 rings (SSSR count). The lowest BCUT2D eigenvalue weighted by molar-refractivity contribution is 0.550. The Morgan fingerprint density at radius 3 is 2.32 bits per heavy atom. The van der Waals surface area contributed by atoms with Crippen LogP contribution in [0.3, 0.4) is 0 Å². The maximum Gasteiger partial charge on any atom is 0.164 e. The van der Waals surface area contributed by atoms with Gasteiger partial charge in [-0.1, -0.05) is 27.7 Å². The Bertz CT molecular complexity index is 521. The van der Waals surface area contributed by atoms with Gasteiger partial charge in [-0.3, -0.25) is 0 Å². The second-order valence-corrected chi connectivity index (χ2v) is 5.76. The van der Waals surface area contributed by atoms with Gasteiger partial charge in [0.25, 0.3) is 0 Å². The number of pyridine rings is 1. The number of aromatic nitrogens is 3. The highest BCUT2D eigenvalue weighted by Gasteiger charge is 2.15. The van der Waals surface area contributed by atoms with Crippen molar-refractivity contribution in [2.45, 2.75) is 27.7 Å². The third-order valence-corrected chi connectivity index (χ3v) is 2.86. The minimum atomic E-state index is 0.598. The first-order valence-corrected chi connectivity index (χ1v) is 6.88. The van der Waals surface area contributed by atoms with E-state index in [9.17, 15) is 0 Å². The van der Waals surface area contributed by atoms with Gasteiger partial charge in [0.05, 0.1) is 5.39 Å². The SMILES string of the molecule is CC(C)CN(CC(C)C)c1ncnc2ncccc12. The van der Waals surface area contributed by atoms with Crippen molar-refractivity contribution < 1.29 is 0 Å². The Hall–Kier alpha value is -1.71. The predicted octanol–water partition coefficient (Wildman–Crippen LogP) is 3.14. The number of hydrogen-bond donors (Lipinski definition) is 0. The zero-order valence-electron chi connectivity index (χ0n) is 12.2. The quantitative estimate of drug-likeness (QED) is 0.826. The summed E-state index contributed by atoms with van der Waals surface area (Å²) in [5.41, 5.74) is 0.769. The molecule has 0 bridgehead atoms. The molecule has 0 unspecified atom stereocenters. The second kappa shape index (κ2) is 5.95. The molecule has 102 valence electrons. The van der Waals surface area contributed by atoms with Crippen molar-refractivity contribution >= 4 is 16.9 Å². The van der Waals surface area contributed by atoms with E-state index in [2.05, 4.69) is 47.5 Å². The van der Waals surface area contributed by atoms with Gasteiger partial charge < -0.3 is 4.90 Å². The number of anilines is 1. The molecule has 0 aliphatic heterocycles. The summed E-state index contributed by atoms with van der Waals surface area (Å²) in [6.45, 7) is 10.9. The van der Waals surface area contributed by atoms with E-state index in [-0.39, 0.29) is 0 Å². The lowest BCUT2D eigenvalue weighted by atomic mass is 10.1. The van der Waals surface area contributed by atoms with E-state index in [0.29, 0.717) is 11.8 Å². The monoisotopic (exact) mass is 258 g/mol. The van der Waals surface area contributed by atoms with Crippen LogP contribution in [0.1, 0.15) is 27.7 Å². The molecule has 0 saturated carbocycles. The fraction of sp³-hybridized carbons (Fsp3) is 0.533. The second-order valence-electron chi connectivity index (χ2n) is 5.76. The van der Waals surface area contributed by atoms with Gasteiger partial charge in [0.2, 0.25) is 0 Å². The molecule has 0 amide bonds. The molecular formula is C15H22N4. The van der Waals surface area contributed by atoms with Crippen LogP contribution in [0.15, 0.2) is 24.7 Å². The first-order valence-electron chi connectivity index (χ1n) is 6.88. The van der Waals surface area contributed by atoms with E-state index >= 15 is 0 Å². The number of hydrogen-bond acceptors (Lipinski definition) is 4. The molecule has 0 radical (unpaired) electrons. The predicted molar refractivity (Wildman–Crippen MR) is 79.2 cm³/mol. The highest BCUT2D eigenvalue weighted by atomic mass is 15.2. The lowest BCUT2D eigenvalue weighted by Gasteiger charge is -2.28. The zero-order chi connectivity index (χ0) is 13.8. The van der Waals surface area contributed by atoms with Crippen LogP contribution in [-0.4, -0.2) is 28.0 Å². The summed E-state index contributed by atoms with van der Waals surface area (Å²) in [6.07, 6.45) is 3.38. The van der Waals surface area contributed by atoms with Crippen molar-refractivity contribution in [3.63, 3.8) is 0 Å². The van der Waals surface area contributed by atoms with Gasteiger partial charge in [-0.2, -0.15) is 0 Å². The standard InChI is InChI=1S/C15H22N4/c1-11(2)8-19(9-12(3)4)15-13-6-5-7-16-14(13)17-10-18-15/h5-7,10-12H,8-9H2,1-4H3. The summed E-state index contributed by atoms with van der Waals surface area (Å²) in [7, 11) is 0. The Balaban J connectivity index is 2.42. The average Bonchev–Trinajstić information content (AvgIpc) is 2.36. The van der Waals surface area contributed by atoms with Gasteiger partial charge in [0.15, 0.2) is 5.65 Å². The van der Waals surface area contributed by atoms with Crippen LogP contribution in [-0.2, 0) is 0 Å². The minimum absolute atomic E-state index is 0.598. The Morgan fingerprint density at radius 2 is 1.68 bits per heavy atom. The first-order chi connectivity index (χ1) is 9.08. The molecule has 0 spiro atoms. The van der Waals surface area contributed by atoms with Gasteiger partial charge in [0, 0.05) is 19.3 Å². The maximum atomic E-state index is 4.49. The molecule has 2 aromatic rings. The van der Waals surface area contributed by atoms with Crippen molar-refractivity contribution in [3.05, 3.63) is 24.7 Å². The van der Waals surface area contributed by atoms with E-state index in [0.717, 1.165) is 29.9 Å². The first kappa shape index (κ1) is 13.7. The molecular weight excluding hydrogens is 236 g/mol. The Morgan fingerprint density at radius 1 is 1.00 bits per heavy atom. The summed E-state index contributed by atoms with van der Waals surface area (Å²) in [5.74, 6) is 2.20. The van der Waals surface area contributed by atoms with E-state index < -0.39 is 0 Å². The van der Waals surface area contributed by atoms with Crippen LogP contribution in [0.2, 0.25) is 0 Å². The molecule has 4 heteroatoms. The minimum Gasteiger partial charge on any atom is -0.355 e. The fourth-order valence-electron chi connectivity index (χ4n) is 2.26. The van der Waals surface area contributed by atoms with Crippen molar-refractivity contribution in [2.24, 2.45) is 11.8 Å². The molecule has 0 saturated heterocycles. The number of fused-ring (bicyclic) bond motifs is 1. The van der Waals surface area contributed by atoms with Crippen molar-refractivity contribution in [1.29, 1.82) is 0 Å². The Labute approximate surface area is 114 Å². The summed E-state index contributed by atoms with van der Waals surface area (Å²) in [4.78, 5) is 15.4. The average molecular weight is 258 g/mol. The summed E-state index contributed by atoms with van der Waals surface area (Å²) < 4.78 is 0. The van der Waals surface area contributed by atoms with E-state index in [1.807, 2.05) is 12.1 Å². The molecule has 2 heterocycles. The van der Waals surface area contributed by atoms with Gasteiger partial charge >= 0.3 is 0 Å². The Kier molecular flexibility index (Phi) is 4.30. The summed E-state index contributed by atoms with van der Waals surface area (Å²) >= 11 is 0. The smallest absolute Gasteiger partial charge is 0.164 e. The van der Waals surface area contributed by atoms with Crippen molar-refractivity contribution in [3.8, 4) is 0 Å². The van der Waals surface area contributed by atoms with Crippen LogP contribution in [0.5, 0.6) is 0 Å². The van der Waals surface area contributed by atoms with Crippen molar-refractivity contribution in [2.75, 3.05) is 18.0 Å². The lowest BCUT2D eigenvalue weighted by Crippen LogP contribution is -2.32. The third kappa shape index (κ3) is 3.40. The largest absolute Gasteiger partial charge is 0.355 e. The van der Waals surface area contributed by atoms with E-state index in [4.69, 9.17) is 0 Å². The normalized spacial score (nSPS) is 11.5. The van der Waals surface area contributed by atoms with Crippen LogP contribution in [0, 0.1) is 11.8 Å². The third-order valence-electron chi connectivity index (χ3n) is 2.86. The van der Waals surface area contributed by atoms with Crippen LogP contribution < -0.4 is 4.90 Å². The molecule has 0 fully saturated rings. The highest BCUT2D eigenvalue weighted by molar-refractivity contribution is 5.86. The fourth-order valence-corrected chi connectivity index (χ4v) is 2.26. The molecule has 0 N–H and O–H groups in total.